The van der Waals surface area contributed by atoms with Crippen molar-refractivity contribution in [1.29, 1.82) is 0 Å². The van der Waals surface area contributed by atoms with Crippen molar-refractivity contribution in [1.82, 2.24) is 4.98 Å². The summed E-state index contributed by atoms with van der Waals surface area (Å²) in [6.45, 7) is 1.49. The number of ether oxygens (including phenoxy) is 1. The molecule has 0 aromatic carbocycles. The number of hydrogen-bond donors (Lipinski definition) is 1. The molecular formula is C12H16N2O3S. The largest absolute Gasteiger partial charge is 0.477 e. The first-order valence-electron chi connectivity index (χ1n) is 6.21. The van der Waals surface area contributed by atoms with Gasteiger partial charge in [-0.25, -0.2) is 9.78 Å². The van der Waals surface area contributed by atoms with E-state index in [9.17, 15) is 9.90 Å². The van der Waals surface area contributed by atoms with Gasteiger partial charge in [0.25, 0.3) is 0 Å². The Kier molecular flexibility index (Phi) is 2.99. The quantitative estimate of drug-likeness (QED) is 0.904. The average Bonchev–Trinajstić information content (AvgIpc) is 2.91. The van der Waals surface area contributed by atoms with Gasteiger partial charge in [0, 0.05) is 19.6 Å². The molecule has 1 aliphatic heterocycles. The zero-order chi connectivity index (χ0) is 12.7. The van der Waals surface area contributed by atoms with Crippen molar-refractivity contribution in [3.63, 3.8) is 0 Å². The van der Waals surface area contributed by atoms with Crippen LogP contribution in [0.1, 0.15) is 40.5 Å². The van der Waals surface area contributed by atoms with E-state index < -0.39 is 5.97 Å². The van der Waals surface area contributed by atoms with E-state index in [2.05, 4.69) is 9.88 Å². The van der Waals surface area contributed by atoms with Crippen LogP contribution in [0.4, 0.5) is 5.13 Å². The average molecular weight is 268 g/mol. The van der Waals surface area contributed by atoms with E-state index in [0.717, 1.165) is 36.7 Å². The summed E-state index contributed by atoms with van der Waals surface area (Å²) in [5, 5.41) is 10.0. The van der Waals surface area contributed by atoms with Crippen LogP contribution in [0, 0.1) is 0 Å². The Morgan fingerprint density at radius 3 is 2.83 bits per heavy atom. The molecule has 2 heterocycles. The van der Waals surface area contributed by atoms with E-state index in [0.29, 0.717) is 23.4 Å². The maximum atomic E-state index is 11.2. The molecule has 1 atom stereocenters. The van der Waals surface area contributed by atoms with Gasteiger partial charge in [0.1, 0.15) is 4.88 Å². The van der Waals surface area contributed by atoms with E-state index in [1.165, 1.54) is 11.3 Å². The second-order valence-corrected chi connectivity index (χ2v) is 5.90. The molecule has 0 radical (unpaired) electrons. The van der Waals surface area contributed by atoms with Crippen molar-refractivity contribution in [3.05, 3.63) is 10.6 Å². The second-order valence-electron chi connectivity index (χ2n) is 4.92. The van der Waals surface area contributed by atoms with Gasteiger partial charge in [-0.2, -0.15) is 0 Å². The highest BCUT2D eigenvalue weighted by Gasteiger charge is 2.33. The molecule has 2 fully saturated rings. The molecule has 1 aliphatic carbocycles. The summed E-state index contributed by atoms with van der Waals surface area (Å²) in [4.78, 5) is 18.3. The predicted molar refractivity (Wildman–Crippen MR) is 68.7 cm³/mol. The molecule has 98 valence electrons. The third kappa shape index (κ3) is 2.10. The molecule has 18 heavy (non-hydrogen) atoms. The van der Waals surface area contributed by atoms with Crippen molar-refractivity contribution in [3.8, 4) is 0 Å². The number of aromatic carboxylic acids is 1. The molecule has 0 spiro atoms. The number of carboxylic acids is 1. The van der Waals surface area contributed by atoms with Gasteiger partial charge >= 0.3 is 5.97 Å². The Morgan fingerprint density at radius 2 is 2.28 bits per heavy atom. The molecule has 6 heteroatoms. The summed E-state index contributed by atoms with van der Waals surface area (Å²) in [6.07, 6.45) is 3.12. The van der Waals surface area contributed by atoms with Crippen molar-refractivity contribution in [2.24, 2.45) is 0 Å². The van der Waals surface area contributed by atoms with Crippen LogP contribution in [-0.2, 0) is 4.74 Å². The lowest BCUT2D eigenvalue weighted by Gasteiger charge is -2.21. The Bertz CT molecular complexity index is 464. The topological polar surface area (TPSA) is 62.7 Å². The summed E-state index contributed by atoms with van der Waals surface area (Å²) in [5.41, 5.74) is 0.785. The van der Waals surface area contributed by atoms with Crippen LogP contribution in [0.15, 0.2) is 0 Å². The highest BCUT2D eigenvalue weighted by Crippen LogP contribution is 2.44. The lowest BCUT2D eigenvalue weighted by molar-refractivity contribution is 0.0700. The van der Waals surface area contributed by atoms with Crippen LogP contribution in [0.5, 0.6) is 0 Å². The molecule has 1 aromatic rings. The van der Waals surface area contributed by atoms with Gasteiger partial charge in [0.2, 0.25) is 0 Å². The van der Waals surface area contributed by atoms with E-state index in [1.54, 1.807) is 0 Å². The molecule has 1 unspecified atom stereocenters. The smallest absolute Gasteiger partial charge is 0.347 e. The molecule has 0 amide bonds. The molecule has 0 bridgehead atoms. The monoisotopic (exact) mass is 268 g/mol. The molecule has 1 N–H and O–H groups in total. The molecular weight excluding hydrogens is 252 g/mol. The van der Waals surface area contributed by atoms with Gasteiger partial charge < -0.3 is 14.7 Å². The van der Waals surface area contributed by atoms with E-state index in [-0.39, 0.29) is 0 Å². The van der Waals surface area contributed by atoms with Crippen LogP contribution < -0.4 is 4.90 Å². The third-order valence-corrected chi connectivity index (χ3v) is 4.71. The standard InChI is InChI=1S/C12H16N2O3S/c1-14(8-4-5-17-6-8)12-13-9(7-2-3-7)10(18-12)11(15)16/h7-8H,2-6H2,1H3,(H,15,16). The molecule has 2 aliphatic rings. The molecule has 5 nitrogen and oxygen atoms in total. The van der Waals surface area contributed by atoms with Gasteiger partial charge in [-0.1, -0.05) is 11.3 Å². The Balaban J connectivity index is 1.87. The van der Waals surface area contributed by atoms with Crippen LogP contribution in [0.3, 0.4) is 0 Å². The van der Waals surface area contributed by atoms with Crippen LogP contribution in [0.2, 0.25) is 0 Å². The van der Waals surface area contributed by atoms with Crippen LogP contribution >= 0.6 is 11.3 Å². The Morgan fingerprint density at radius 1 is 1.50 bits per heavy atom. The van der Waals surface area contributed by atoms with Gasteiger partial charge in [-0.05, 0) is 19.3 Å². The maximum absolute atomic E-state index is 11.2. The van der Waals surface area contributed by atoms with Crippen molar-refractivity contribution >= 4 is 22.4 Å². The molecule has 1 saturated carbocycles. The van der Waals surface area contributed by atoms with Gasteiger partial charge in [0.05, 0.1) is 18.3 Å². The van der Waals surface area contributed by atoms with Crippen molar-refractivity contribution in [2.45, 2.75) is 31.2 Å². The first-order valence-corrected chi connectivity index (χ1v) is 7.03. The van der Waals surface area contributed by atoms with E-state index >= 15 is 0 Å². The van der Waals surface area contributed by atoms with Gasteiger partial charge in [0.15, 0.2) is 5.13 Å². The molecule has 1 aromatic heterocycles. The fraction of sp³-hybridized carbons (Fsp3) is 0.667. The zero-order valence-electron chi connectivity index (χ0n) is 10.3. The molecule has 3 rings (SSSR count). The number of likely N-dealkylation sites (N-methyl/N-ethyl adjacent to an activating group) is 1. The predicted octanol–water partition coefficient (Wildman–Crippen LogP) is 1.94. The summed E-state index contributed by atoms with van der Waals surface area (Å²) in [7, 11) is 1.97. The minimum atomic E-state index is -0.850. The minimum Gasteiger partial charge on any atom is -0.477 e. The Labute approximate surface area is 109 Å². The Hall–Kier alpha value is -1.14. The normalized spacial score (nSPS) is 23.3. The summed E-state index contributed by atoms with van der Waals surface area (Å²) >= 11 is 1.29. The number of hydrogen-bond acceptors (Lipinski definition) is 5. The fourth-order valence-electron chi connectivity index (χ4n) is 2.24. The summed E-state index contributed by atoms with van der Waals surface area (Å²) in [5.74, 6) is -0.481. The molecule has 1 saturated heterocycles. The van der Waals surface area contributed by atoms with E-state index in [1.807, 2.05) is 7.05 Å². The fourth-order valence-corrected chi connectivity index (χ4v) is 3.27. The number of nitrogens with zero attached hydrogens (tertiary/aromatic N) is 2. The van der Waals surface area contributed by atoms with Crippen molar-refractivity contribution < 1.29 is 14.6 Å². The number of anilines is 1. The number of rotatable bonds is 4. The highest BCUT2D eigenvalue weighted by molar-refractivity contribution is 7.17. The number of carbonyl (C=O) groups is 1. The first-order chi connectivity index (χ1) is 8.66. The van der Waals surface area contributed by atoms with Crippen LogP contribution in [-0.4, -0.2) is 42.4 Å². The van der Waals surface area contributed by atoms with Crippen LogP contribution in [0.25, 0.3) is 0 Å². The van der Waals surface area contributed by atoms with Gasteiger partial charge in [-0.3, -0.25) is 0 Å². The number of aromatic nitrogens is 1. The minimum absolute atomic E-state index is 0.324. The first kappa shape index (κ1) is 11.9. The lowest BCUT2D eigenvalue weighted by atomic mass is 10.2. The highest BCUT2D eigenvalue weighted by atomic mass is 32.1. The third-order valence-electron chi connectivity index (χ3n) is 3.56. The lowest BCUT2D eigenvalue weighted by Crippen LogP contribution is -2.31. The summed E-state index contributed by atoms with van der Waals surface area (Å²) in [6, 6.07) is 0.324. The van der Waals surface area contributed by atoms with Gasteiger partial charge in [-0.15, -0.1) is 0 Å². The van der Waals surface area contributed by atoms with Crippen molar-refractivity contribution in [2.75, 3.05) is 25.2 Å². The maximum Gasteiger partial charge on any atom is 0.347 e. The number of thiazole rings is 1. The van der Waals surface area contributed by atoms with E-state index in [4.69, 9.17) is 4.74 Å². The number of carboxylic acid groups (broad SMARTS) is 1. The SMILES string of the molecule is CN(c1nc(C2CC2)c(C(=O)O)s1)C1CCOC1. The second kappa shape index (κ2) is 4.51. The summed E-state index contributed by atoms with van der Waals surface area (Å²) < 4.78 is 5.36. The zero-order valence-corrected chi connectivity index (χ0v) is 11.1.